The Hall–Kier alpha value is -0.760. The van der Waals surface area contributed by atoms with Crippen molar-refractivity contribution in [1.82, 2.24) is 4.31 Å². The molecule has 0 bridgehead atoms. The number of hydrogen-bond acceptors (Lipinski definition) is 5. The van der Waals surface area contributed by atoms with Crippen molar-refractivity contribution in [3.63, 3.8) is 0 Å². The number of nitrogens with two attached hydrogens (primary N) is 1. The number of rotatable bonds is 5. The maximum Gasteiger partial charge on any atom is 0.215 e. The van der Waals surface area contributed by atoms with Crippen LogP contribution in [0.2, 0.25) is 0 Å². The lowest BCUT2D eigenvalue weighted by molar-refractivity contribution is 0.00945. The van der Waals surface area contributed by atoms with Crippen molar-refractivity contribution < 1.29 is 13.5 Å². The second-order valence-electron chi connectivity index (χ2n) is 5.67. The van der Waals surface area contributed by atoms with E-state index in [9.17, 15) is 13.5 Å². The summed E-state index contributed by atoms with van der Waals surface area (Å²) in [6.45, 7) is 2.39. The van der Waals surface area contributed by atoms with Gasteiger partial charge in [0, 0.05) is 29.4 Å². The van der Waals surface area contributed by atoms with E-state index in [4.69, 9.17) is 5.73 Å². The minimum atomic E-state index is -3.30. The molecule has 1 heterocycles. The quantitative estimate of drug-likeness (QED) is 0.632. The Labute approximate surface area is 130 Å². The van der Waals surface area contributed by atoms with Crippen LogP contribution in [0.1, 0.15) is 19.8 Å². The van der Waals surface area contributed by atoms with Gasteiger partial charge in [-0.2, -0.15) is 4.31 Å². The minimum Gasteiger partial charge on any atom is -0.399 e. The third-order valence-electron chi connectivity index (χ3n) is 3.52. The number of piperidine rings is 1. The maximum absolute atomic E-state index is 12.3. The van der Waals surface area contributed by atoms with Gasteiger partial charge in [0.1, 0.15) is 0 Å². The molecule has 1 atom stereocenters. The van der Waals surface area contributed by atoms with E-state index in [1.165, 1.54) is 16.1 Å². The summed E-state index contributed by atoms with van der Waals surface area (Å²) in [7, 11) is -3.30. The van der Waals surface area contributed by atoms with Gasteiger partial charge in [-0.3, -0.25) is 0 Å². The third kappa shape index (κ3) is 4.88. The summed E-state index contributed by atoms with van der Waals surface area (Å²) >= 11 is 1.50. The zero-order valence-electron chi connectivity index (χ0n) is 12.2. The molecule has 0 aromatic heterocycles. The average Bonchev–Trinajstić information content (AvgIpc) is 2.40. The van der Waals surface area contributed by atoms with E-state index < -0.39 is 15.6 Å². The van der Waals surface area contributed by atoms with Gasteiger partial charge in [0.25, 0.3) is 0 Å². The molecule has 2 rings (SSSR count). The first kappa shape index (κ1) is 16.6. The van der Waals surface area contributed by atoms with Crippen LogP contribution in [0, 0.1) is 0 Å². The van der Waals surface area contributed by atoms with Gasteiger partial charge in [0.2, 0.25) is 10.0 Å². The highest BCUT2D eigenvalue weighted by molar-refractivity contribution is 8.00. The van der Waals surface area contributed by atoms with Gasteiger partial charge in [0.15, 0.2) is 0 Å². The Balaban J connectivity index is 1.88. The van der Waals surface area contributed by atoms with Crippen LogP contribution in [0.5, 0.6) is 0 Å². The molecule has 1 unspecified atom stereocenters. The zero-order chi connectivity index (χ0) is 15.5. The van der Waals surface area contributed by atoms with Crippen LogP contribution in [-0.2, 0) is 10.0 Å². The Morgan fingerprint density at radius 3 is 2.67 bits per heavy atom. The number of benzene rings is 1. The third-order valence-corrected chi connectivity index (χ3v) is 6.61. The summed E-state index contributed by atoms with van der Waals surface area (Å²) in [5.41, 5.74) is 5.40. The molecule has 0 radical (unpaired) electrons. The largest absolute Gasteiger partial charge is 0.399 e. The normalized spacial score (nSPS) is 24.1. The monoisotopic (exact) mass is 330 g/mol. The number of anilines is 1. The van der Waals surface area contributed by atoms with Crippen LogP contribution >= 0.6 is 11.8 Å². The molecule has 0 saturated carbocycles. The molecule has 21 heavy (non-hydrogen) atoms. The highest BCUT2D eigenvalue weighted by atomic mass is 32.2. The maximum atomic E-state index is 12.3. The number of sulfonamides is 1. The Kier molecular flexibility index (Phi) is 5.19. The van der Waals surface area contributed by atoms with E-state index in [-0.39, 0.29) is 12.3 Å². The van der Waals surface area contributed by atoms with Crippen molar-refractivity contribution in [2.45, 2.75) is 30.3 Å². The minimum absolute atomic E-state index is 0.0815. The van der Waals surface area contributed by atoms with Gasteiger partial charge < -0.3 is 10.8 Å². The lowest BCUT2D eigenvalue weighted by Crippen LogP contribution is -2.49. The van der Waals surface area contributed by atoms with Gasteiger partial charge in [-0.25, -0.2) is 8.42 Å². The first-order valence-electron chi connectivity index (χ1n) is 6.97. The Bertz CT molecular complexity index is 570. The van der Waals surface area contributed by atoms with E-state index in [1.54, 1.807) is 19.1 Å². The highest BCUT2D eigenvalue weighted by Gasteiger charge is 2.34. The molecule has 1 aliphatic rings. The number of nitrogen functional groups attached to an aromatic ring is 1. The number of nitrogens with zero attached hydrogens (tertiary/aromatic N) is 1. The molecule has 1 aromatic carbocycles. The molecule has 0 spiro atoms. The van der Waals surface area contributed by atoms with Crippen molar-refractivity contribution in [3.8, 4) is 0 Å². The smallest absolute Gasteiger partial charge is 0.215 e. The number of thioether (sulfide) groups is 1. The van der Waals surface area contributed by atoms with Crippen LogP contribution in [0.15, 0.2) is 29.2 Å². The van der Waals surface area contributed by atoms with E-state index in [1.807, 2.05) is 12.1 Å². The van der Waals surface area contributed by atoms with Crippen molar-refractivity contribution in [2.24, 2.45) is 0 Å². The molecular weight excluding hydrogens is 308 g/mol. The second-order valence-corrected chi connectivity index (χ2v) is 8.92. The van der Waals surface area contributed by atoms with Crippen LogP contribution in [0.4, 0.5) is 5.69 Å². The fourth-order valence-corrected chi connectivity index (χ4v) is 5.25. The SMILES string of the molecule is CC1(O)CCCN(S(=O)(=O)CCSc2ccc(N)cc2)C1. The molecule has 0 aliphatic carbocycles. The topological polar surface area (TPSA) is 83.6 Å². The molecule has 1 fully saturated rings. The highest BCUT2D eigenvalue weighted by Crippen LogP contribution is 2.24. The molecule has 3 N–H and O–H groups in total. The van der Waals surface area contributed by atoms with Gasteiger partial charge in [-0.05, 0) is 44.0 Å². The van der Waals surface area contributed by atoms with Crippen LogP contribution < -0.4 is 5.73 Å². The molecule has 1 saturated heterocycles. The molecule has 5 nitrogen and oxygen atoms in total. The summed E-state index contributed by atoms with van der Waals surface area (Å²) in [5.74, 6) is 0.572. The number of aliphatic hydroxyl groups is 1. The summed E-state index contributed by atoms with van der Waals surface area (Å²) < 4.78 is 26.0. The van der Waals surface area contributed by atoms with Crippen molar-refractivity contribution in [1.29, 1.82) is 0 Å². The standard InChI is InChI=1S/C14H22N2O3S2/c1-14(17)7-2-8-16(11-14)21(18,19)10-9-20-13-5-3-12(15)4-6-13/h3-6,17H,2,7-11,15H2,1H3. The van der Waals surface area contributed by atoms with Gasteiger partial charge in [-0.1, -0.05) is 0 Å². The Morgan fingerprint density at radius 2 is 2.05 bits per heavy atom. The first-order valence-corrected chi connectivity index (χ1v) is 9.57. The summed E-state index contributed by atoms with van der Waals surface area (Å²) in [6.07, 6.45) is 1.36. The molecule has 1 aliphatic heterocycles. The van der Waals surface area contributed by atoms with Gasteiger partial charge in [-0.15, -0.1) is 11.8 Å². The predicted molar refractivity (Wildman–Crippen MR) is 86.8 cm³/mol. The van der Waals surface area contributed by atoms with E-state index in [0.29, 0.717) is 30.8 Å². The number of β-amino-alcohol motifs (C(OH)–C–C–N with tert-alkyl or cyclic N) is 1. The van der Waals surface area contributed by atoms with Crippen molar-refractivity contribution in [3.05, 3.63) is 24.3 Å². The van der Waals surface area contributed by atoms with Crippen LogP contribution in [-0.4, -0.2) is 48.0 Å². The summed E-state index contributed by atoms with van der Waals surface area (Å²) in [4.78, 5) is 1.00. The fourth-order valence-electron chi connectivity index (χ4n) is 2.37. The average molecular weight is 330 g/mol. The fraction of sp³-hybridized carbons (Fsp3) is 0.571. The van der Waals surface area contributed by atoms with Crippen molar-refractivity contribution in [2.75, 3.05) is 30.3 Å². The van der Waals surface area contributed by atoms with E-state index in [2.05, 4.69) is 0 Å². The second kappa shape index (κ2) is 6.56. The van der Waals surface area contributed by atoms with E-state index >= 15 is 0 Å². The zero-order valence-corrected chi connectivity index (χ0v) is 13.8. The molecule has 1 aromatic rings. The summed E-state index contributed by atoms with van der Waals surface area (Å²) in [6, 6.07) is 7.38. The van der Waals surface area contributed by atoms with Gasteiger partial charge in [0.05, 0.1) is 11.4 Å². The molecule has 7 heteroatoms. The van der Waals surface area contributed by atoms with Crippen molar-refractivity contribution >= 4 is 27.5 Å². The molecule has 0 amide bonds. The Morgan fingerprint density at radius 1 is 1.38 bits per heavy atom. The molecular formula is C14H22N2O3S2. The predicted octanol–water partition coefficient (Wildman–Crippen LogP) is 1.54. The number of hydrogen-bond donors (Lipinski definition) is 2. The van der Waals surface area contributed by atoms with E-state index in [0.717, 1.165) is 4.90 Å². The van der Waals surface area contributed by atoms with Crippen LogP contribution in [0.25, 0.3) is 0 Å². The molecule has 118 valence electrons. The lowest BCUT2D eigenvalue weighted by atomic mass is 9.97. The van der Waals surface area contributed by atoms with Crippen LogP contribution in [0.3, 0.4) is 0 Å². The lowest BCUT2D eigenvalue weighted by Gasteiger charge is -2.35. The van der Waals surface area contributed by atoms with Gasteiger partial charge >= 0.3 is 0 Å². The summed E-state index contributed by atoms with van der Waals surface area (Å²) in [5, 5.41) is 10.0. The first-order chi connectivity index (χ1) is 9.78.